The zero-order valence-corrected chi connectivity index (χ0v) is 16.1. The molecule has 0 spiro atoms. The highest BCUT2D eigenvalue weighted by Crippen LogP contribution is 2.04. The first-order chi connectivity index (χ1) is 10.8. The maximum atomic E-state index is 4.66. The molecule has 1 heterocycles. The van der Waals surface area contributed by atoms with Gasteiger partial charge in [-0.05, 0) is 25.0 Å². The van der Waals surface area contributed by atoms with Crippen molar-refractivity contribution in [2.45, 2.75) is 39.8 Å². The Hall–Kier alpha value is -1.57. The molecule has 2 aromatic rings. The van der Waals surface area contributed by atoms with Gasteiger partial charge in [0.15, 0.2) is 5.96 Å². The van der Waals surface area contributed by atoms with Crippen molar-refractivity contribution in [1.29, 1.82) is 0 Å². The number of aromatic amines is 1. The number of unbranched alkanes of at least 4 members (excludes halogenated alkanes) is 1. The van der Waals surface area contributed by atoms with Gasteiger partial charge >= 0.3 is 0 Å². The number of H-pyrrole nitrogens is 1. The van der Waals surface area contributed by atoms with Crippen LogP contribution < -0.4 is 10.6 Å². The van der Waals surface area contributed by atoms with Crippen molar-refractivity contribution >= 4 is 29.9 Å². The van der Waals surface area contributed by atoms with Crippen LogP contribution in [0.3, 0.4) is 0 Å². The third kappa shape index (κ3) is 7.49. The summed E-state index contributed by atoms with van der Waals surface area (Å²) in [4.78, 5) is 4.66. The lowest BCUT2D eigenvalue weighted by molar-refractivity contribution is 0.720. The summed E-state index contributed by atoms with van der Waals surface area (Å²) in [6.07, 6.45) is 4.05. The number of aromatic nitrogens is 2. The number of aryl methyl sites for hydroxylation is 1. The van der Waals surface area contributed by atoms with Crippen molar-refractivity contribution in [3.05, 3.63) is 53.3 Å². The van der Waals surface area contributed by atoms with Crippen LogP contribution in [-0.2, 0) is 13.1 Å². The van der Waals surface area contributed by atoms with E-state index in [2.05, 4.69) is 63.9 Å². The summed E-state index contributed by atoms with van der Waals surface area (Å²) in [7, 11) is 0. The standard InChI is InChI=1S/C17H25N5.HI/c1-3-4-10-18-17(20-13-16-9-11-21-22-16)19-12-15-7-5-14(2)6-8-15;/h5-9,11H,3-4,10,12-13H2,1-2H3,(H,21,22)(H2,18,19,20);1H. The molecule has 126 valence electrons. The number of benzene rings is 1. The van der Waals surface area contributed by atoms with Crippen LogP contribution in [-0.4, -0.2) is 22.7 Å². The average molecular weight is 427 g/mol. The van der Waals surface area contributed by atoms with E-state index in [-0.39, 0.29) is 24.0 Å². The Morgan fingerprint density at radius 1 is 1.17 bits per heavy atom. The number of guanidine groups is 1. The SMILES string of the molecule is CCCCNC(=NCc1ccc(C)cc1)NCc1ccn[nH]1.I. The monoisotopic (exact) mass is 427 g/mol. The molecule has 1 aromatic carbocycles. The first kappa shape index (κ1) is 19.5. The van der Waals surface area contributed by atoms with Gasteiger partial charge in [-0.15, -0.1) is 24.0 Å². The lowest BCUT2D eigenvalue weighted by atomic mass is 10.1. The van der Waals surface area contributed by atoms with Gasteiger partial charge in [-0.3, -0.25) is 5.10 Å². The highest BCUT2D eigenvalue weighted by Gasteiger charge is 2.00. The second-order valence-electron chi connectivity index (χ2n) is 5.37. The molecule has 0 aliphatic heterocycles. The predicted molar refractivity (Wildman–Crippen MR) is 106 cm³/mol. The van der Waals surface area contributed by atoms with Gasteiger partial charge in [0.2, 0.25) is 0 Å². The van der Waals surface area contributed by atoms with Crippen LogP contribution in [0.25, 0.3) is 0 Å². The third-order valence-corrected chi connectivity index (χ3v) is 3.37. The molecule has 2 rings (SSSR count). The van der Waals surface area contributed by atoms with Gasteiger partial charge in [0.1, 0.15) is 0 Å². The average Bonchev–Trinajstić information content (AvgIpc) is 3.04. The molecule has 1 aromatic heterocycles. The van der Waals surface area contributed by atoms with Gasteiger partial charge in [-0.25, -0.2) is 4.99 Å². The van der Waals surface area contributed by atoms with E-state index in [0.29, 0.717) is 13.1 Å². The molecule has 0 bridgehead atoms. The molecule has 0 radical (unpaired) electrons. The van der Waals surface area contributed by atoms with E-state index in [9.17, 15) is 0 Å². The molecule has 0 saturated carbocycles. The summed E-state index contributed by atoms with van der Waals surface area (Å²) in [5.74, 6) is 0.837. The summed E-state index contributed by atoms with van der Waals surface area (Å²) >= 11 is 0. The fourth-order valence-electron chi connectivity index (χ4n) is 1.98. The highest BCUT2D eigenvalue weighted by atomic mass is 127. The lowest BCUT2D eigenvalue weighted by Gasteiger charge is -2.11. The number of rotatable bonds is 7. The van der Waals surface area contributed by atoms with Gasteiger partial charge < -0.3 is 10.6 Å². The Morgan fingerprint density at radius 3 is 2.61 bits per heavy atom. The van der Waals surface area contributed by atoms with Gasteiger partial charge in [-0.2, -0.15) is 5.10 Å². The molecule has 0 fully saturated rings. The van der Waals surface area contributed by atoms with Crippen molar-refractivity contribution < 1.29 is 0 Å². The van der Waals surface area contributed by atoms with E-state index in [1.807, 2.05) is 6.07 Å². The largest absolute Gasteiger partial charge is 0.356 e. The van der Waals surface area contributed by atoms with Crippen molar-refractivity contribution in [2.75, 3.05) is 6.54 Å². The van der Waals surface area contributed by atoms with Crippen LogP contribution >= 0.6 is 24.0 Å². The number of nitrogens with one attached hydrogen (secondary N) is 3. The first-order valence-electron chi connectivity index (χ1n) is 7.84. The Labute approximate surface area is 155 Å². The molecule has 3 N–H and O–H groups in total. The Balaban J connectivity index is 0.00000264. The van der Waals surface area contributed by atoms with Crippen molar-refractivity contribution in [3.8, 4) is 0 Å². The molecule has 0 saturated heterocycles. The topological polar surface area (TPSA) is 65.1 Å². The van der Waals surface area contributed by atoms with E-state index in [0.717, 1.165) is 24.6 Å². The molecule has 5 nitrogen and oxygen atoms in total. The fourth-order valence-corrected chi connectivity index (χ4v) is 1.98. The molecule has 0 atom stereocenters. The quantitative estimate of drug-likeness (QED) is 0.275. The van der Waals surface area contributed by atoms with Crippen LogP contribution in [0.1, 0.15) is 36.6 Å². The van der Waals surface area contributed by atoms with E-state index in [1.165, 1.54) is 17.5 Å². The molecule has 0 aliphatic rings. The number of halogens is 1. The fraction of sp³-hybridized carbons (Fsp3) is 0.412. The first-order valence-corrected chi connectivity index (χ1v) is 7.84. The molecular weight excluding hydrogens is 401 g/mol. The van der Waals surface area contributed by atoms with E-state index < -0.39 is 0 Å². The second-order valence-corrected chi connectivity index (χ2v) is 5.37. The Kier molecular flexibility index (Phi) is 9.35. The van der Waals surface area contributed by atoms with Crippen LogP contribution in [0.15, 0.2) is 41.5 Å². The van der Waals surface area contributed by atoms with Crippen molar-refractivity contribution in [3.63, 3.8) is 0 Å². The Morgan fingerprint density at radius 2 is 1.96 bits per heavy atom. The Bertz CT molecular complexity index is 563. The minimum Gasteiger partial charge on any atom is -0.356 e. The van der Waals surface area contributed by atoms with Crippen LogP contribution in [0.5, 0.6) is 0 Å². The third-order valence-electron chi connectivity index (χ3n) is 3.37. The number of hydrogen-bond acceptors (Lipinski definition) is 2. The van der Waals surface area contributed by atoms with Crippen molar-refractivity contribution in [2.24, 2.45) is 4.99 Å². The predicted octanol–water partition coefficient (Wildman–Crippen LogP) is 3.37. The number of aliphatic imine (C=N–C) groups is 1. The second kappa shape index (κ2) is 11.0. The van der Waals surface area contributed by atoms with E-state index in [1.54, 1.807) is 6.20 Å². The summed E-state index contributed by atoms with van der Waals surface area (Å²) < 4.78 is 0. The van der Waals surface area contributed by atoms with Crippen LogP contribution in [0.4, 0.5) is 0 Å². The molecule has 6 heteroatoms. The minimum atomic E-state index is 0. The molecular formula is C17H26IN5. The normalized spacial score (nSPS) is 11.0. The molecule has 0 amide bonds. The number of hydrogen-bond donors (Lipinski definition) is 3. The van der Waals surface area contributed by atoms with Gasteiger partial charge in [-0.1, -0.05) is 43.2 Å². The summed E-state index contributed by atoms with van der Waals surface area (Å²) in [5.41, 5.74) is 3.52. The summed E-state index contributed by atoms with van der Waals surface area (Å²) in [6, 6.07) is 10.4. The minimum absolute atomic E-state index is 0. The summed E-state index contributed by atoms with van der Waals surface area (Å²) in [6.45, 7) is 6.56. The molecule has 0 unspecified atom stereocenters. The maximum Gasteiger partial charge on any atom is 0.191 e. The van der Waals surface area contributed by atoms with Crippen molar-refractivity contribution in [1.82, 2.24) is 20.8 Å². The van der Waals surface area contributed by atoms with Crippen LogP contribution in [0.2, 0.25) is 0 Å². The van der Waals surface area contributed by atoms with Crippen LogP contribution in [0, 0.1) is 6.92 Å². The zero-order valence-electron chi connectivity index (χ0n) is 13.8. The highest BCUT2D eigenvalue weighted by molar-refractivity contribution is 14.0. The van der Waals surface area contributed by atoms with E-state index >= 15 is 0 Å². The lowest BCUT2D eigenvalue weighted by Crippen LogP contribution is -2.37. The molecule has 23 heavy (non-hydrogen) atoms. The smallest absolute Gasteiger partial charge is 0.191 e. The zero-order chi connectivity index (χ0) is 15.6. The van der Waals surface area contributed by atoms with Gasteiger partial charge in [0.05, 0.1) is 18.8 Å². The van der Waals surface area contributed by atoms with Gasteiger partial charge in [0, 0.05) is 12.7 Å². The number of nitrogens with zero attached hydrogens (tertiary/aromatic N) is 2. The molecule has 0 aliphatic carbocycles. The summed E-state index contributed by atoms with van der Waals surface area (Å²) in [5, 5.41) is 13.6. The van der Waals surface area contributed by atoms with Gasteiger partial charge in [0.25, 0.3) is 0 Å². The van der Waals surface area contributed by atoms with E-state index in [4.69, 9.17) is 0 Å². The maximum absolute atomic E-state index is 4.66.